The van der Waals surface area contributed by atoms with E-state index < -0.39 is 46.8 Å². The Morgan fingerprint density at radius 1 is 1.17 bits per heavy atom. The van der Waals surface area contributed by atoms with Crippen molar-refractivity contribution < 1.29 is 28.2 Å². The molecule has 4 rings (SSSR count). The molecule has 0 unspecified atom stereocenters. The number of aliphatic hydroxyl groups is 2. The van der Waals surface area contributed by atoms with Crippen LogP contribution in [0.4, 0.5) is 24.5 Å². The van der Waals surface area contributed by atoms with Crippen LogP contribution >= 0.6 is 0 Å². The molecule has 3 aromatic rings. The largest absolute Gasteiger partial charge is 0.396 e. The minimum absolute atomic E-state index is 0.0274. The fourth-order valence-corrected chi connectivity index (χ4v) is 4.33. The summed E-state index contributed by atoms with van der Waals surface area (Å²) in [6.45, 7) is 2.40. The number of benzene rings is 1. The maximum absolute atomic E-state index is 14.7. The number of aromatic nitrogens is 2. The molecule has 190 valence electrons. The number of rotatable bonds is 6. The first-order chi connectivity index (χ1) is 17.2. The number of pyridine rings is 2. The molecule has 1 aliphatic rings. The second-order valence-corrected chi connectivity index (χ2v) is 8.82. The number of hydrogen-bond donors (Lipinski definition) is 4. The number of nitrogens with zero attached hydrogens (tertiary/aromatic N) is 3. The summed E-state index contributed by atoms with van der Waals surface area (Å²) in [6, 6.07) is 5.21. The number of nitrogens with two attached hydrogens (primary N) is 1. The number of hydrogen-bond acceptors (Lipinski definition) is 7. The maximum Gasteiger partial charge on any atom is 0.274 e. The highest BCUT2D eigenvalue weighted by atomic mass is 19.1. The molecule has 3 heterocycles. The molecular weight excluding hydrogens is 475 g/mol. The van der Waals surface area contributed by atoms with Gasteiger partial charge < -0.3 is 26.2 Å². The molecule has 11 heteroatoms. The van der Waals surface area contributed by atoms with E-state index in [-0.39, 0.29) is 30.2 Å². The third kappa shape index (κ3) is 5.18. The van der Waals surface area contributed by atoms with E-state index in [4.69, 9.17) is 10.8 Å². The van der Waals surface area contributed by atoms with Gasteiger partial charge in [-0.1, -0.05) is 6.92 Å². The monoisotopic (exact) mass is 501 g/mol. The van der Waals surface area contributed by atoms with Crippen LogP contribution in [0.5, 0.6) is 0 Å². The van der Waals surface area contributed by atoms with Crippen molar-refractivity contribution in [2.45, 2.75) is 25.5 Å². The highest BCUT2D eigenvalue weighted by molar-refractivity contribution is 6.04. The normalized spacial score (nSPS) is 19.9. The van der Waals surface area contributed by atoms with E-state index in [0.717, 1.165) is 24.3 Å². The second-order valence-electron chi connectivity index (χ2n) is 8.82. The Kier molecular flexibility index (Phi) is 7.53. The molecule has 0 saturated carbocycles. The summed E-state index contributed by atoms with van der Waals surface area (Å²) in [7, 11) is 0. The molecule has 5 N–H and O–H groups in total. The topological polar surface area (TPSA) is 125 Å². The standard InChI is InChI=1S/C25H26F3N5O3/c1-13-11-33(12-18(29)24(13)35)21-4-6-30-10-20(21)32-25(36)19-3-2-15(26)23(31-19)22-16(27)8-14(5-7-34)9-17(22)28/h2-4,6,8-10,13,18,24,34-35H,5,7,11-12,29H2,1H3,(H,32,36)/t13-,18+,24+/m0/s1. The number of carbonyl (C=O) groups is 1. The van der Waals surface area contributed by atoms with Crippen LogP contribution in [0.1, 0.15) is 23.0 Å². The van der Waals surface area contributed by atoms with E-state index in [2.05, 4.69) is 15.3 Å². The van der Waals surface area contributed by atoms with Crippen LogP contribution in [0, 0.1) is 23.4 Å². The van der Waals surface area contributed by atoms with Crippen LogP contribution in [0.25, 0.3) is 11.3 Å². The van der Waals surface area contributed by atoms with Crippen molar-refractivity contribution in [3.63, 3.8) is 0 Å². The van der Waals surface area contributed by atoms with Gasteiger partial charge in [0.05, 0.1) is 29.2 Å². The van der Waals surface area contributed by atoms with Gasteiger partial charge in [0.25, 0.3) is 5.91 Å². The summed E-state index contributed by atoms with van der Waals surface area (Å²) < 4.78 is 43.9. The fraction of sp³-hybridized carbons (Fsp3) is 0.320. The molecule has 36 heavy (non-hydrogen) atoms. The highest BCUT2D eigenvalue weighted by Crippen LogP contribution is 2.31. The lowest BCUT2D eigenvalue weighted by Gasteiger charge is -2.40. The zero-order valence-corrected chi connectivity index (χ0v) is 19.5. The number of piperidine rings is 1. The number of anilines is 2. The Bertz CT molecular complexity index is 1240. The molecule has 2 aromatic heterocycles. The lowest BCUT2D eigenvalue weighted by atomic mass is 9.92. The maximum atomic E-state index is 14.7. The SMILES string of the molecule is C[C@H]1CN(c2ccncc2NC(=O)c2ccc(F)c(-c3c(F)cc(CCO)cc3F)n2)C[C@@H](N)[C@@H]1O. The summed E-state index contributed by atoms with van der Waals surface area (Å²) >= 11 is 0. The molecule has 1 amide bonds. The van der Waals surface area contributed by atoms with Crippen LogP contribution < -0.4 is 16.0 Å². The molecule has 1 saturated heterocycles. The van der Waals surface area contributed by atoms with Gasteiger partial charge in [-0.25, -0.2) is 18.2 Å². The van der Waals surface area contributed by atoms with Crippen molar-refractivity contribution in [1.29, 1.82) is 0 Å². The van der Waals surface area contributed by atoms with Crippen LogP contribution in [-0.4, -0.2) is 57.9 Å². The molecule has 1 aliphatic heterocycles. The van der Waals surface area contributed by atoms with Crippen LogP contribution in [0.2, 0.25) is 0 Å². The molecule has 1 fully saturated rings. The Morgan fingerprint density at radius 3 is 2.56 bits per heavy atom. The Labute approximate surface area is 205 Å². The lowest BCUT2D eigenvalue weighted by molar-refractivity contribution is 0.0785. The van der Waals surface area contributed by atoms with Gasteiger partial charge in [-0.05, 0) is 42.3 Å². The van der Waals surface area contributed by atoms with E-state index in [1.54, 1.807) is 12.3 Å². The molecule has 0 spiro atoms. The van der Waals surface area contributed by atoms with Crippen molar-refractivity contribution >= 4 is 17.3 Å². The van der Waals surface area contributed by atoms with Crippen molar-refractivity contribution in [3.8, 4) is 11.3 Å². The summed E-state index contributed by atoms with van der Waals surface area (Å²) in [5.74, 6) is -3.97. The molecule has 0 radical (unpaired) electrons. The average Bonchev–Trinajstić information content (AvgIpc) is 2.83. The van der Waals surface area contributed by atoms with Crippen molar-refractivity contribution in [1.82, 2.24) is 9.97 Å². The third-order valence-corrected chi connectivity index (χ3v) is 6.17. The molecular formula is C25H26F3N5O3. The van der Waals surface area contributed by atoms with E-state index in [1.165, 1.54) is 6.20 Å². The minimum atomic E-state index is -1.06. The first-order valence-corrected chi connectivity index (χ1v) is 11.4. The van der Waals surface area contributed by atoms with Crippen molar-refractivity contribution in [2.75, 3.05) is 29.9 Å². The Morgan fingerprint density at radius 2 is 1.89 bits per heavy atom. The van der Waals surface area contributed by atoms with Crippen LogP contribution in [-0.2, 0) is 6.42 Å². The van der Waals surface area contributed by atoms with E-state index in [0.29, 0.717) is 24.5 Å². The Balaban J connectivity index is 1.63. The quantitative estimate of drug-likeness (QED) is 0.409. The molecule has 1 aromatic carbocycles. The average molecular weight is 502 g/mol. The van der Waals surface area contributed by atoms with Gasteiger partial charge in [0.15, 0.2) is 0 Å². The van der Waals surface area contributed by atoms with Crippen molar-refractivity contribution in [3.05, 3.63) is 71.4 Å². The van der Waals surface area contributed by atoms with Gasteiger partial charge in [-0.3, -0.25) is 9.78 Å². The zero-order chi connectivity index (χ0) is 26.0. The number of aliphatic hydroxyl groups excluding tert-OH is 2. The number of nitrogens with one attached hydrogen (secondary N) is 1. The van der Waals surface area contributed by atoms with Crippen LogP contribution in [0.3, 0.4) is 0 Å². The van der Waals surface area contributed by atoms with E-state index in [9.17, 15) is 23.1 Å². The van der Waals surface area contributed by atoms with Crippen molar-refractivity contribution in [2.24, 2.45) is 11.7 Å². The molecule has 3 atom stereocenters. The minimum Gasteiger partial charge on any atom is -0.396 e. The molecule has 0 aliphatic carbocycles. The fourth-order valence-electron chi connectivity index (χ4n) is 4.33. The number of amides is 1. The summed E-state index contributed by atoms with van der Waals surface area (Å²) in [5, 5.41) is 21.8. The smallest absolute Gasteiger partial charge is 0.274 e. The van der Waals surface area contributed by atoms with Crippen LogP contribution in [0.15, 0.2) is 42.7 Å². The summed E-state index contributed by atoms with van der Waals surface area (Å²) in [6.07, 6.45) is 2.35. The van der Waals surface area contributed by atoms with Gasteiger partial charge in [0, 0.05) is 37.9 Å². The third-order valence-electron chi connectivity index (χ3n) is 6.17. The number of carbonyl (C=O) groups excluding carboxylic acids is 1. The van der Waals surface area contributed by atoms with Gasteiger partial charge in [-0.2, -0.15) is 0 Å². The second kappa shape index (κ2) is 10.6. The Hall–Kier alpha value is -3.54. The first kappa shape index (κ1) is 25.5. The number of halogens is 3. The predicted molar refractivity (Wildman–Crippen MR) is 128 cm³/mol. The predicted octanol–water partition coefficient (Wildman–Crippen LogP) is 2.49. The zero-order valence-electron chi connectivity index (χ0n) is 19.5. The van der Waals surface area contributed by atoms with Gasteiger partial charge in [0.2, 0.25) is 0 Å². The van der Waals surface area contributed by atoms with Gasteiger partial charge >= 0.3 is 0 Å². The van der Waals surface area contributed by atoms with Gasteiger partial charge in [0.1, 0.15) is 28.8 Å². The van der Waals surface area contributed by atoms with Gasteiger partial charge in [-0.15, -0.1) is 0 Å². The summed E-state index contributed by atoms with van der Waals surface area (Å²) in [4.78, 5) is 22.9. The molecule has 0 bridgehead atoms. The summed E-state index contributed by atoms with van der Waals surface area (Å²) in [5.41, 5.74) is 5.59. The van der Waals surface area contributed by atoms with E-state index >= 15 is 0 Å². The highest BCUT2D eigenvalue weighted by Gasteiger charge is 2.32. The van der Waals surface area contributed by atoms with E-state index in [1.807, 2.05) is 11.8 Å². The molecule has 8 nitrogen and oxygen atoms in total. The first-order valence-electron chi connectivity index (χ1n) is 11.4. The lowest BCUT2D eigenvalue weighted by Crippen LogP contribution is -2.55.